The molecule has 34 heavy (non-hydrogen) atoms. The lowest BCUT2D eigenvalue weighted by atomic mass is 10.1. The molecule has 9 nitrogen and oxygen atoms in total. The van der Waals surface area contributed by atoms with Gasteiger partial charge in [0, 0.05) is 24.2 Å². The highest BCUT2D eigenvalue weighted by Gasteiger charge is 2.19. The van der Waals surface area contributed by atoms with Gasteiger partial charge in [0.15, 0.2) is 16.1 Å². The Bertz CT molecular complexity index is 1660. The number of hydrogen-bond acceptors (Lipinski definition) is 6. The van der Waals surface area contributed by atoms with Gasteiger partial charge in [-0.25, -0.2) is 14.8 Å². The summed E-state index contributed by atoms with van der Waals surface area (Å²) in [4.78, 5) is 49.0. The molecule has 10 heteroatoms. The molecule has 4 aromatic heterocycles. The summed E-state index contributed by atoms with van der Waals surface area (Å²) >= 11 is 1.32. The Labute approximate surface area is 198 Å². The topological polar surface area (TPSA) is 96.2 Å². The third-order valence-corrected chi connectivity index (χ3v) is 6.55. The van der Waals surface area contributed by atoms with Gasteiger partial charge in [0.25, 0.3) is 11.1 Å². The van der Waals surface area contributed by atoms with Crippen molar-refractivity contribution < 1.29 is 0 Å². The van der Waals surface area contributed by atoms with Gasteiger partial charge in [-0.1, -0.05) is 44.2 Å². The summed E-state index contributed by atoms with van der Waals surface area (Å²) in [5, 5.41) is 1.77. The molecule has 0 N–H and O–H groups in total. The molecule has 0 radical (unpaired) electrons. The van der Waals surface area contributed by atoms with E-state index in [0.29, 0.717) is 34.3 Å². The number of nitrogens with zero attached hydrogens (tertiary/aromatic N) is 6. The summed E-state index contributed by atoms with van der Waals surface area (Å²) in [5.41, 5.74) is 0.866. The standard InChI is InChI=1S/C24H24N6O3S/c1-16(2)8-9-27-15-25-21-20(27)22(32)30(24(33)29(21)13-17-6-4-3-5-7-17)14-18-12-19(31)28-10-11-34-23(28)26-18/h3-7,10-12,15-16H,8-9,13-14H2,1-2H3. The maximum Gasteiger partial charge on any atom is 0.333 e. The Morgan fingerprint density at radius 2 is 1.82 bits per heavy atom. The Morgan fingerprint density at radius 1 is 1.03 bits per heavy atom. The average Bonchev–Trinajstić information content (AvgIpc) is 3.46. The van der Waals surface area contributed by atoms with E-state index in [9.17, 15) is 14.4 Å². The van der Waals surface area contributed by atoms with Gasteiger partial charge in [-0.2, -0.15) is 0 Å². The first-order valence-corrected chi connectivity index (χ1v) is 12.0. The van der Waals surface area contributed by atoms with Gasteiger partial charge >= 0.3 is 5.69 Å². The number of fused-ring (bicyclic) bond motifs is 2. The number of benzene rings is 1. The second-order valence-electron chi connectivity index (χ2n) is 8.68. The molecule has 1 aromatic carbocycles. The number of thiazole rings is 1. The van der Waals surface area contributed by atoms with E-state index in [0.717, 1.165) is 16.6 Å². The van der Waals surface area contributed by atoms with E-state index in [-0.39, 0.29) is 18.6 Å². The molecule has 0 bridgehead atoms. The normalized spacial score (nSPS) is 11.7. The van der Waals surface area contributed by atoms with Gasteiger partial charge in [0.2, 0.25) is 0 Å². The van der Waals surface area contributed by atoms with Crippen molar-refractivity contribution in [2.75, 3.05) is 0 Å². The minimum absolute atomic E-state index is 0.0958. The van der Waals surface area contributed by atoms with E-state index in [1.807, 2.05) is 34.9 Å². The molecule has 4 heterocycles. The summed E-state index contributed by atoms with van der Waals surface area (Å²) < 4.78 is 5.94. The van der Waals surface area contributed by atoms with E-state index in [2.05, 4.69) is 23.8 Å². The number of aryl methyl sites for hydroxylation is 1. The molecule has 0 saturated carbocycles. The predicted octanol–water partition coefficient (Wildman–Crippen LogP) is 2.57. The summed E-state index contributed by atoms with van der Waals surface area (Å²) in [6.07, 6.45) is 4.15. The molecule has 0 unspecified atom stereocenters. The molecule has 5 rings (SSSR count). The molecule has 0 spiro atoms. The smallest absolute Gasteiger partial charge is 0.325 e. The summed E-state index contributed by atoms with van der Waals surface area (Å²) in [7, 11) is 0. The van der Waals surface area contributed by atoms with E-state index in [4.69, 9.17) is 0 Å². The van der Waals surface area contributed by atoms with E-state index < -0.39 is 11.2 Å². The largest absolute Gasteiger partial charge is 0.333 e. The van der Waals surface area contributed by atoms with Crippen LogP contribution < -0.4 is 16.8 Å². The monoisotopic (exact) mass is 476 g/mol. The fraction of sp³-hybridized carbons (Fsp3) is 0.292. The van der Waals surface area contributed by atoms with Crippen molar-refractivity contribution in [3.05, 3.63) is 96.8 Å². The number of hydrogen-bond donors (Lipinski definition) is 0. The lowest BCUT2D eigenvalue weighted by Gasteiger charge is -2.13. The molecule has 0 aliphatic carbocycles. The molecule has 0 fully saturated rings. The lowest BCUT2D eigenvalue weighted by molar-refractivity contribution is 0.520. The first-order valence-electron chi connectivity index (χ1n) is 11.1. The van der Waals surface area contributed by atoms with E-state index in [1.165, 1.54) is 26.4 Å². The minimum atomic E-state index is -0.483. The number of rotatable bonds is 7. The van der Waals surface area contributed by atoms with Crippen LogP contribution in [0, 0.1) is 5.92 Å². The van der Waals surface area contributed by atoms with Crippen molar-refractivity contribution in [1.82, 2.24) is 28.1 Å². The fourth-order valence-electron chi connectivity index (χ4n) is 3.98. The van der Waals surface area contributed by atoms with Crippen molar-refractivity contribution in [1.29, 1.82) is 0 Å². The summed E-state index contributed by atoms with van der Waals surface area (Å²) in [6, 6.07) is 10.9. The third-order valence-electron chi connectivity index (χ3n) is 5.79. The highest BCUT2D eigenvalue weighted by molar-refractivity contribution is 7.15. The molecular weight excluding hydrogens is 452 g/mol. The zero-order chi connectivity index (χ0) is 23.8. The summed E-state index contributed by atoms with van der Waals surface area (Å²) in [6.45, 7) is 5.04. The Kier molecular flexibility index (Phi) is 5.74. The second kappa shape index (κ2) is 8.86. The van der Waals surface area contributed by atoms with Crippen molar-refractivity contribution in [2.24, 2.45) is 5.92 Å². The Morgan fingerprint density at radius 3 is 2.59 bits per heavy atom. The highest BCUT2D eigenvalue weighted by atomic mass is 32.1. The van der Waals surface area contributed by atoms with Crippen molar-refractivity contribution in [2.45, 2.75) is 39.9 Å². The van der Waals surface area contributed by atoms with Gasteiger partial charge in [-0.15, -0.1) is 11.3 Å². The van der Waals surface area contributed by atoms with Gasteiger partial charge in [0.1, 0.15) is 0 Å². The Balaban J connectivity index is 1.69. The molecule has 0 aliphatic heterocycles. The van der Waals surface area contributed by atoms with Gasteiger partial charge in [-0.05, 0) is 17.9 Å². The third kappa shape index (κ3) is 4.01. The molecule has 0 aliphatic rings. The summed E-state index contributed by atoms with van der Waals surface area (Å²) in [5.74, 6) is 0.449. The van der Waals surface area contributed by atoms with Crippen LogP contribution in [-0.2, 0) is 19.6 Å². The number of aromatic nitrogens is 6. The van der Waals surface area contributed by atoms with Crippen LogP contribution in [0.15, 0.2) is 68.7 Å². The Hall–Kier alpha value is -3.79. The van der Waals surface area contributed by atoms with Crippen molar-refractivity contribution in [3.63, 3.8) is 0 Å². The minimum Gasteiger partial charge on any atom is -0.325 e. The highest BCUT2D eigenvalue weighted by Crippen LogP contribution is 2.13. The maximum atomic E-state index is 13.6. The van der Waals surface area contributed by atoms with Crippen molar-refractivity contribution in [3.8, 4) is 0 Å². The fourth-order valence-corrected chi connectivity index (χ4v) is 4.72. The van der Waals surface area contributed by atoms with Gasteiger partial charge in [0.05, 0.1) is 25.1 Å². The SMILES string of the molecule is CC(C)CCn1cnc2c1c(=O)n(Cc1cc(=O)n3ccsc3n1)c(=O)n2Cc1ccccc1. The zero-order valence-electron chi connectivity index (χ0n) is 18.9. The van der Waals surface area contributed by atoms with Crippen LogP contribution in [0.3, 0.4) is 0 Å². The van der Waals surface area contributed by atoms with Crippen LogP contribution in [0.4, 0.5) is 0 Å². The van der Waals surface area contributed by atoms with Crippen molar-refractivity contribution >= 4 is 27.5 Å². The molecule has 0 amide bonds. The molecule has 174 valence electrons. The number of imidazole rings is 1. The molecule has 0 saturated heterocycles. The quantitative estimate of drug-likeness (QED) is 0.360. The van der Waals surface area contributed by atoms with E-state index >= 15 is 0 Å². The van der Waals surface area contributed by atoms with Crippen LogP contribution in [0.2, 0.25) is 0 Å². The van der Waals surface area contributed by atoms with Crippen LogP contribution >= 0.6 is 11.3 Å². The average molecular weight is 477 g/mol. The lowest BCUT2D eigenvalue weighted by Crippen LogP contribution is -2.41. The van der Waals surface area contributed by atoms with Crippen LogP contribution in [0.1, 0.15) is 31.5 Å². The second-order valence-corrected chi connectivity index (χ2v) is 9.55. The van der Waals surface area contributed by atoms with Crippen LogP contribution in [0.25, 0.3) is 16.1 Å². The van der Waals surface area contributed by atoms with Crippen LogP contribution in [0.5, 0.6) is 0 Å². The molecule has 5 aromatic rings. The van der Waals surface area contributed by atoms with Crippen LogP contribution in [-0.4, -0.2) is 28.1 Å². The molecule has 0 atom stereocenters. The first kappa shape index (κ1) is 22.0. The van der Waals surface area contributed by atoms with Gasteiger partial charge in [-0.3, -0.25) is 23.1 Å². The van der Waals surface area contributed by atoms with E-state index in [1.54, 1.807) is 17.9 Å². The van der Waals surface area contributed by atoms with Gasteiger partial charge < -0.3 is 4.57 Å². The molecular formula is C24H24N6O3S. The zero-order valence-corrected chi connectivity index (χ0v) is 19.7. The predicted molar refractivity (Wildman–Crippen MR) is 132 cm³/mol. The maximum absolute atomic E-state index is 13.6. The first-order chi connectivity index (χ1) is 16.4.